The van der Waals surface area contributed by atoms with Crippen molar-refractivity contribution in [2.24, 2.45) is 11.7 Å². The zero-order valence-corrected chi connectivity index (χ0v) is 12.5. The molecule has 1 fully saturated rings. The number of alkyl halides is 3. The smallest absolute Gasteiger partial charge is 0.382 e. The number of hydrogen-bond donors (Lipinski definition) is 1. The van der Waals surface area contributed by atoms with Gasteiger partial charge in [0.05, 0.1) is 0 Å². The second-order valence-electron chi connectivity index (χ2n) is 5.54. The third kappa shape index (κ3) is 7.13. The SMILES string of the molecule is CCOCCCN(CC(F)(F)F)C(=O)C1CCC(N)CC1. The first-order valence-corrected chi connectivity index (χ1v) is 7.52. The molecule has 0 aliphatic heterocycles. The number of amides is 1. The van der Waals surface area contributed by atoms with E-state index < -0.39 is 18.6 Å². The molecule has 7 heteroatoms. The van der Waals surface area contributed by atoms with E-state index in [1.165, 1.54) is 0 Å². The predicted octanol–water partition coefficient (Wildman–Crippen LogP) is 2.32. The molecular formula is C14H25F3N2O2. The highest BCUT2D eigenvalue weighted by Crippen LogP contribution is 2.26. The summed E-state index contributed by atoms with van der Waals surface area (Å²) >= 11 is 0. The number of ether oxygens (including phenoxy) is 1. The van der Waals surface area contributed by atoms with Crippen LogP contribution in [0.2, 0.25) is 0 Å². The van der Waals surface area contributed by atoms with Crippen LogP contribution < -0.4 is 5.73 Å². The zero-order chi connectivity index (χ0) is 15.9. The maximum Gasteiger partial charge on any atom is 0.406 e. The van der Waals surface area contributed by atoms with Gasteiger partial charge in [0, 0.05) is 31.7 Å². The van der Waals surface area contributed by atoms with Crippen LogP contribution in [-0.4, -0.2) is 49.3 Å². The molecule has 1 saturated carbocycles. The van der Waals surface area contributed by atoms with Gasteiger partial charge in [-0.3, -0.25) is 4.79 Å². The van der Waals surface area contributed by atoms with Crippen LogP contribution in [0.5, 0.6) is 0 Å². The van der Waals surface area contributed by atoms with Gasteiger partial charge >= 0.3 is 6.18 Å². The molecular weight excluding hydrogens is 285 g/mol. The molecule has 0 spiro atoms. The average Bonchev–Trinajstić information content (AvgIpc) is 2.41. The largest absolute Gasteiger partial charge is 0.406 e. The highest BCUT2D eigenvalue weighted by molar-refractivity contribution is 5.79. The number of hydrogen-bond acceptors (Lipinski definition) is 3. The summed E-state index contributed by atoms with van der Waals surface area (Å²) in [6, 6.07) is 0.0723. The summed E-state index contributed by atoms with van der Waals surface area (Å²) in [5.74, 6) is -0.713. The topological polar surface area (TPSA) is 55.6 Å². The third-order valence-electron chi connectivity index (χ3n) is 3.72. The van der Waals surface area contributed by atoms with E-state index in [-0.39, 0.29) is 18.5 Å². The Morgan fingerprint density at radius 1 is 1.29 bits per heavy atom. The van der Waals surface area contributed by atoms with Crippen molar-refractivity contribution in [1.82, 2.24) is 4.90 Å². The number of carbonyl (C=O) groups excluding carboxylic acids is 1. The van der Waals surface area contributed by atoms with Crippen LogP contribution in [0.1, 0.15) is 39.0 Å². The van der Waals surface area contributed by atoms with Crippen LogP contribution in [0, 0.1) is 5.92 Å². The summed E-state index contributed by atoms with van der Waals surface area (Å²) in [6.45, 7) is 1.62. The Morgan fingerprint density at radius 2 is 1.90 bits per heavy atom. The molecule has 0 heterocycles. The van der Waals surface area contributed by atoms with Crippen molar-refractivity contribution in [3.8, 4) is 0 Å². The fourth-order valence-corrected chi connectivity index (χ4v) is 2.61. The van der Waals surface area contributed by atoms with Gasteiger partial charge in [-0.1, -0.05) is 0 Å². The van der Waals surface area contributed by atoms with Gasteiger partial charge in [0.25, 0.3) is 0 Å². The Labute approximate surface area is 123 Å². The minimum absolute atomic E-state index is 0.0723. The van der Waals surface area contributed by atoms with Crippen LogP contribution in [0.4, 0.5) is 13.2 Å². The van der Waals surface area contributed by atoms with Crippen LogP contribution in [0.3, 0.4) is 0 Å². The van der Waals surface area contributed by atoms with Crippen LogP contribution >= 0.6 is 0 Å². The van der Waals surface area contributed by atoms with E-state index in [0.29, 0.717) is 45.3 Å². The summed E-state index contributed by atoms with van der Waals surface area (Å²) in [4.78, 5) is 13.2. The fourth-order valence-electron chi connectivity index (χ4n) is 2.61. The zero-order valence-electron chi connectivity index (χ0n) is 12.5. The van der Waals surface area contributed by atoms with Gasteiger partial charge in [0.2, 0.25) is 5.91 Å². The lowest BCUT2D eigenvalue weighted by molar-refractivity contribution is -0.164. The van der Waals surface area contributed by atoms with Crippen molar-refractivity contribution in [3.05, 3.63) is 0 Å². The maximum atomic E-state index is 12.6. The van der Waals surface area contributed by atoms with Gasteiger partial charge < -0.3 is 15.4 Å². The second kappa shape index (κ2) is 8.58. The van der Waals surface area contributed by atoms with Crippen molar-refractivity contribution in [1.29, 1.82) is 0 Å². The van der Waals surface area contributed by atoms with Crippen molar-refractivity contribution in [2.75, 3.05) is 26.3 Å². The monoisotopic (exact) mass is 310 g/mol. The molecule has 0 atom stereocenters. The highest BCUT2D eigenvalue weighted by Gasteiger charge is 2.36. The Hall–Kier alpha value is -0.820. The Kier molecular flexibility index (Phi) is 7.45. The van der Waals surface area contributed by atoms with Gasteiger partial charge in [-0.2, -0.15) is 13.2 Å². The quantitative estimate of drug-likeness (QED) is 0.734. The molecule has 1 amide bonds. The van der Waals surface area contributed by atoms with Crippen LogP contribution in [0.25, 0.3) is 0 Å². The minimum atomic E-state index is -4.37. The molecule has 1 aliphatic carbocycles. The lowest BCUT2D eigenvalue weighted by Crippen LogP contribution is -2.44. The van der Waals surface area contributed by atoms with Crippen molar-refractivity contribution in [2.45, 2.75) is 51.2 Å². The normalized spacial score (nSPS) is 23.1. The summed E-state index contributed by atoms with van der Waals surface area (Å²) < 4.78 is 43.0. The molecule has 124 valence electrons. The van der Waals surface area contributed by atoms with Gasteiger partial charge in [-0.15, -0.1) is 0 Å². The van der Waals surface area contributed by atoms with E-state index in [0.717, 1.165) is 4.90 Å². The highest BCUT2D eigenvalue weighted by atomic mass is 19.4. The van der Waals surface area contributed by atoms with Crippen molar-refractivity contribution in [3.63, 3.8) is 0 Å². The first-order chi connectivity index (χ1) is 9.83. The molecule has 0 aromatic heterocycles. The standard InChI is InChI=1S/C14H25F3N2O2/c1-2-21-9-3-8-19(10-14(15,16)17)13(20)11-4-6-12(18)7-5-11/h11-12H,2-10,18H2,1H3. The van der Waals surface area contributed by atoms with E-state index >= 15 is 0 Å². The third-order valence-corrected chi connectivity index (χ3v) is 3.72. The first kappa shape index (κ1) is 18.2. The van der Waals surface area contributed by atoms with Gasteiger partial charge in [-0.05, 0) is 39.0 Å². The molecule has 0 unspecified atom stereocenters. The number of halogens is 3. The van der Waals surface area contributed by atoms with Crippen LogP contribution in [0.15, 0.2) is 0 Å². The maximum absolute atomic E-state index is 12.6. The lowest BCUT2D eigenvalue weighted by atomic mass is 9.85. The molecule has 0 saturated heterocycles. The van der Waals surface area contributed by atoms with Crippen LogP contribution in [-0.2, 0) is 9.53 Å². The van der Waals surface area contributed by atoms with E-state index in [2.05, 4.69) is 0 Å². The summed E-state index contributed by atoms with van der Waals surface area (Å²) in [6.07, 6.45) is -1.38. The molecule has 2 N–H and O–H groups in total. The summed E-state index contributed by atoms with van der Waals surface area (Å²) in [5, 5.41) is 0. The lowest BCUT2D eigenvalue weighted by Gasteiger charge is -2.31. The first-order valence-electron chi connectivity index (χ1n) is 7.52. The molecule has 0 aromatic rings. The molecule has 1 rings (SSSR count). The second-order valence-corrected chi connectivity index (χ2v) is 5.54. The van der Waals surface area contributed by atoms with E-state index in [1.54, 1.807) is 0 Å². The van der Waals surface area contributed by atoms with Crippen molar-refractivity contribution < 1.29 is 22.7 Å². The van der Waals surface area contributed by atoms with Crippen molar-refractivity contribution >= 4 is 5.91 Å². The Balaban J connectivity index is 2.55. The van der Waals surface area contributed by atoms with E-state index in [4.69, 9.17) is 10.5 Å². The molecule has 1 aliphatic rings. The van der Waals surface area contributed by atoms with E-state index in [9.17, 15) is 18.0 Å². The van der Waals surface area contributed by atoms with Gasteiger partial charge in [0.15, 0.2) is 0 Å². The average molecular weight is 310 g/mol. The number of rotatable bonds is 7. The number of nitrogens with zero attached hydrogens (tertiary/aromatic N) is 1. The van der Waals surface area contributed by atoms with Gasteiger partial charge in [0.1, 0.15) is 6.54 Å². The van der Waals surface area contributed by atoms with E-state index in [1.807, 2.05) is 6.92 Å². The number of nitrogens with two attached hydrogens (primary N) is 1. The fraction of sp³-hybridized carbons (Fsp3) is 0.929. The van der Waals surface area contributed by atoms with Gasteiger partial charge in [-0.25, -0.2) is 0 Å². The molecule has 0 radical (unpaired) electrons. The number of carbonyl (C=O) groups is 1. The summed E-state index contributed by atoms with van der Waals surface area (Å²) in [5.41, 5.74) is 5.77. The predicted molar refractivity (Wildman–Crippen MR) is 73.7 cm³/mol. The Morgan fingerprint density at radius 3 is 2.43 bits per heavy atom. The molecule has 4 nitrogen and oxygen atoms in total. The summed E-state index contributed by atoms with van der Waals surface area (Å²) in [7, 11) is 0. The minimum Gasteiger partial charge on any atom is -0.382 e. The molecule has 0 bridgehead atoms. The Bertz CT molecular complexity index is 316. The molecule has 21 heavy (non-hydrogen) atoms. The molecule has 0 aromatic carbocycles.